The lowest BCUT2D eigenvalue weighted by Crippen LogP contribution is -2.45. The topological polar surface area (TPSA) is 93.2 Å². The average molecular weight is 410 g/mol. The minimum absolute atomic E-state index is 0.145. The van der Waals surface area contributed by atoms with Gasteiger partial charge in [0.15, 0.2) is 0 Å². The summed E-state index contributed by atoms with van der Waals surface area (Å²) in [4.78, 5) is 36.4. The van der Waals surface area contributed by atoms with E-state index >= 15 is 0 Å². The molecule has 0 aliphatic rings. The first kappa shape index (κ1) is 22.3. The molecular weight excluding hydrogens is 389 g/mol. The van der Waals surface area contributed by atoms with Crippen molar-refractivity contribution < 1.29 is 27.6 Å². The number of hydrogen-bond donors (Lipinski definition) is 2. The number of halogens is 3. The molecule has 0 saturated heterocycles. The molecular formula is C19H21F3N4O3. The number of carbonyl (C=O) groups excluding carboxylic acids is 2. The number of hydroxylamine groups is 1. The van der Waals surface area contributed by atoms with Crippen LogP contribution >= 0.6 is 0 Å². The van der Waals surface area contributed by atoms with E-state index < -0.39 is 30.0 Å². The van der Waals surface area contributed by atoms with E-state index in [-0.39, 0.29) is 17.3 Å². The molecule has 2 aromatic rings. The Morgan fingerprint density at radius 2 is 1.97 bits per heavy atom. The maximum Gasteiger partial charge on any atom is 0.391 e. The molecule has 0 saturated carbocycles. The fraction of sp³-hybridized carbons (Fsp3) is 0.368. The van der Waals surface area contributed by atoms with E-state index in [4.69, 9.17) is 4.84 Å². The predicted molar refractivity (Wildman–Crippen MR) is 98.8 cm³/mol. The minimum atomic E-state index is -4.55. The molecule has 0 aliphatic carbocycles. The zero-order chi connectivity index (χ0) is 21.7. The molecule has 0 bridgehead atoms. The molecule has 7 nitrogen and oxygen atoms in total. The molecule has 2 amide bonds. The molecule has 0 fully saturated rings. The Morgan fingerprint density at radius 3 is 2.55 bits per heavy atom. The largest absolute Gasteiger partial charge is 0.391 e. The number of carbonyl (C=O) groups is 2. The third-order valence-electron chi connectivity index (χ3n) is 4.36. The molecule has 2 rings (SSSR count). The Labute approximate surface area is 165 Å². The summed E-state index contributed by atoms with van der Waals surface area (Å²) in [5.41, 5.74) is 0.862. The molecule has 2 aromatic heterocycles. The van der Waals surface area contributed by atoms with Crippen molar-refractivity contribution in [3.8, 4) is 0 Å². The summed E-state index contributed by atoms with van der Waals surface area (Å²) in [6.07, 6.45) is -1.75. The standard InChI is InChI=1S/C19H21F3N4O3/c1-12(14-6-8-24-16(9-14)25-13(2)27)18(3,11-19(20,21)22)29-26-17(28)15-5-4-7-23-10-15/h4-10,12H,11H2,1-3H3,(H,26,28)(H,24,25,27). The summed E-state index contributed by atoms with van der Waals surface area (Å²) in [6.45, 7) is 4.09. The highest BCUT2D eigenvalue weighted by Gasteiger charge is 2.45. The average Bonchev–Trinajstić information content (AvgIpc) is 2.64. The second kappa shape index (κ2) is 8.99. The van der Waals surface area contributed by atoms with Gasteiger partial charge in [-0.2, -0.15) is 13.2 Å². The fourth-order valence-electron chi connectivity index (χ4n) is 2.71. The number of hydrogen-bond acceptors (Lipinski definition) is 5. The second-order valence-electron chi connectivity index (χ2n) is 6.76. The van der Waals surface area contributed by atoms with Crippen molar-refractivity contribution >= 4 is 17.6 Å². The Kier molecular flexibility index (Phi) is 6.91. The molecule has 2 unspecified atom stereocenters. The molecule has 29 heavy (non-hydrogen) atoms. The van der Waals surface area contributed by atoms with Crippen molar-refractivity contribution in [3.05, 3.63) is 54.0 Å². The van der Waals surface area contributed by atoms with Gasteiger partial charge < -0.3 is 5.32 Å². The van der Waals surface area contributed by atoms with Crippen LogP contribution in [0.4, 0.5) is 19.0 Å². The van der Waals surface area contributed by atoms with Gasteiger partial charge in [0.25, 0.3) is 5.91 Å². The summed E-state index contributed by atoms with van der Waals surface area (Å²) in [5.74, 6) is -1.68. The van der Waals surface area contributed by atoms with Crippen molar-refractivity contribution in [2.45, 2.75) is 44.9 Å². The van der Waals surface area contributed by atoms with Crippen LogP contribution in [0.1, 0.15) is 49.0 Å². The molecule has 0 aliphatic heterocycles. The number of alkyl halides is 3. The van der Waals surface area contributed by atoms with E-state index in [9.17, 15) is 22.8 Å². The number of anilines is 1. The first-order valence-electron chi connectivity index (χ1n) is 8.69. The summed E-state index contributed by atoms with van der Waals surface area (Å²) < 4.78 is 39.8. The van der Waals surface area contributed by atoms with Crippen LogP contribution in [0.2, 0.25) is 0 Å². The van der Waals surface area contributed by atoms with Gasteiger partial charge in [-0.15, -0.1) is 0 Å². The minimum Gasteiger partial charge on any atom is -0.311 e. The Balaban J connectivity index is 2.26. The van der Waals surface area contributed by atoms with Gasteiger partial charge >= 0.3 is 6.18 Å². The van der Waals surface area contributed by atoms with Crippen LogP contribution in [0, 0.1) is 0 Å². The first-order valence-corrected chi connectivity index (χ1v) is 8.69. The van der Waals surface area contributed by atoms with E-state index in [0.717, 1.165) is 0 Å². The van der Waals surface area contributed by atoms with E-state index in [1.54, 1.807) is 0 Å². The second-order valence-corrected chi connectivity index (χ2v) is 6.76. The summed E-state index contributed by atoms with van der Waals surface area (Å²) in [7, 11) is 0. The molecule has 0 aromatic carbocycles. The van der Waals surface area contributed by atoms with Crippen molar-refractivity contribution in [2.24, 2.45) is 0 Å². The lowest BCUT2D eigenvalue weighted by atomic mass is 9.82. The van der Waals surface area contributed by atoms with Crippen LogP contribution < -0.4 is 10.8 Å². The zero-order valence-corrected chi connectivity index (χ0v) is 16.1. The molecule has 2 heterocycles. The third kappa shape index (κ3) is 6.53. The van der Waals surface area contributed by atoms with Crippen molar-refractivity contribution in [1.82, 2.24) is 15.4 Å². The molecule has 156 valence electrons. The quantitative estimate of drug-likeness (QED) is 0.681. The fourth-order valence-corrected chi connectivity index (χ4v) is 2.71. The number of nitrogens with zero attached hydrogens (tertiary/aromatic N) is 2. The Bertz CT molecular complexity index is 861. The van der Waals surface area contributed by atoms with Gasteiger partial charge in [0.05, 0.1) is 12.0 Å². The lowest BCUT2D eigenvalue weighted by molar-refractivity contribution is -0.201. The lowest BCUT2D eigenvalue weighted by Gasteiger charge is -2.36. The van der Waals surface area contributed by atoms with Gasteiger partial charge in [-0.3, -0.25) is 19.4 Å². The molecule has 2 N–H and O–H groups in total. The van der Waals surface area contributed by atoms with Crippen LogP contribution in [0.25, 0.3) is 0 Å². The normalized spacial score (nSPS) is 14.6. The van der Waals surface area contributed by atoms with Crippen LogP contribution in [0.15, 0.2) is 42.9 Å². The predicted octanol–water partition coefficient (Wildman–Crippen LogP) is 3.61. The molecule has 2 atom stereocenters. The molecule has 10 heteroatoms. The summed E-state index contributed by atoms with van der Waals surface area (Å²) >= 11 is 0. The summed E-state index contributed by atoms with van der Waals surface area (Å²) in [6, 6.07) is 5.97. The van der Waals surface area contributed by atoms with Gasteiger partial charge in [0.2, 0.25) is 5.91 Å². The number of pyridine rings is 2. The van der Waals surface area contributed by atoms with E-state index in [1.807, 2.05) is 0 Å². The SMILES string of the molecule is CC(=O)Nc1cc(C(C)C(C)(CC(F)(F)F)ONC(=O)c2cccnc2)ccn1. The molecule has 0 spiro atoms. The van der Waals surface area contributed by atoms with Crippen LogP contribution in [-0.2, 0) is 9.63 Å². The number of aromatic nitrogens is 2. The van der Waals surface area contributed by atoms with Gasteiger partial charge in [-0.05, 0) is 36.8 Å². The van der Waals surface area contributed by atoms with Gasteiger partial charge in [0, 0.05) is 31.4 Å². The van der Waals surface area contributed by atoms with Crippen LogP contribution in [0.3, 0.4) is 0 Å². The van der Waals surface area contributed by atoms with Gasteiger partial charge in [0.1, 0.15) is 11.4 Å². The number of amides is 2. The van der Waals surface area contributed by atoms with E-state index in [1.165, 1.54) is 63.6 Å². The Hall–Kier alpha value is -3.01. The third-order valence-corrected chi connectivity index (χ3v) is 4.36. The first-order chi connectivity index (χ1) is 13.5. The van der Waals surface area contributed by atoms with Crippen LogP contribution in [-0.4, -0.2) is 33.6 Å². The molecule has 0 radical (unpaired) electrons. The number of nitrogens with one attached hydrogen (secondary N) is 2. The Morgan fingerprint density at radius 1 is 1.24 bits per heavy atom. The highest BCUT2D eigenvalue weighted by atomic mass is 19.4. The summed E-state index contributed by atoms with van der Waals surface area (Å²) in [5, 5.41) is 2.48. The maximum atomic E-state index is 13.3. The zero-order valence-electron chi connectivity index (χ0n) is 16.1. The highest BCUT2D eigenvalue weighted by molar-refractivity contribution is 5.93. The van der Waals surface area contributed by atoms with Gasteiger partial charge in [-0.1, -0.05) is 6.92 Å². The van der Waals surface area contributed by atoms with Crippen LogP contribution in [0.5, 0.6) is 0 Å². The number of rotatable bonds is 7. The van der Waals surface area contributed by atoms with Crippen molar-refractivity contribution in [3.63, 3.8) is 0 Å². The smallest absolute Gasteiger partial charge is 0.311 e. The highest BCUT2D eigenvalue weighted by Crippen LogP contribution is 2.39. The van der Waals surface area contributed by atoms with Crippen molar-refractivity contribution in [1.29, 1.82) is 0 Å². The van der Waals surface area contributed by atoms with Gasteiger partial charge in [-0.25, -0.2) is 10.5 Å². The van der Waals surface area contributed by atoms with E-state index in [2.05, 4.69) is 20.8 Å². The maximum absolute atomic E-state index is 13.3. The monoisotopic (exact) mass is 410 g/mol. The van der Waals surface area contributed by atoms with Crippen molar-refractivity contribution in [2.75, 3.05) is 5.32 Å². The van der Waals surface area contributed by atoms with E-state index in [0.29, 0.717) is 5.56 Å².